The van der Waals surface area contributed by atoms with Crippen LogP contribution in [0, 0.1) is 5.41 Å². The molecule has 0 atom stereocenters. The van der Waals surface area contributed by atoms with Crippen LogP contribution in [0.1, 0.15) is 26.5 Å². The van der Waals surface area contributed by atoms with Gasteiger partial charge in [-0.3, -0.25) is 15.0 Å². The van der Waals surface area contributed by atoms with E-state index in [1.54, 1.807) is 52.9 Å². The summed E-state index contributed by atoms with van der Waals surface area (Å²) in [5, 5.41) is 19.8. The summed E-state index contributed by atoms with van der Waals surface area (Å²) in [6.07, 6.45) is 5.97. The maximum absolute atomic E-state index is 13.4. The van der Waals surface area contributed by atoms with E-state index in [1.807, 2.05) is 36.5 Å². The number of nitrogens with two attached hydrogens (primary N) is 1. The average molecular weight is 525 g/mol. The number of carbonyl (C=O) groups is 2. The van der Waals surface area contributed by atoms with Gasteiger partial charge in [-0.25, -0.2) is 9.67 Å². The number of benzene rings is 1. The van der Waals surface area contributed by atoms with Gasteiger partial charge in [-0.15, -0.1) is 5.10 Å². The van der Waals surface area contributed by atoms with Crippen LogP contribution >= 0.6 is 0 Å². The molecule has 0 radical (unpaired) electrons. The Kier molecular flexibility index (Phi) is 6.52. The summed E-state index contributed by atoms with van der Waals surface area (Å²) >= 11 is 0. The molecule has 1 aliphatic rings. The molecule has 0 aliphatic carbocycles. The molecule has 3 aromatic heterocycles. The molecule has 2 amide bonds. The highest BCUT2D eigenvalue weighted by atomic mass is 16.2. The van der Waals surface area contributed by atoms with Gasteiger partial charge in [0.1, 0.15) is 17.7 Å². The van der Waals surface area contributed by atoms with Gasteiger partial charge in [-0.2, -0.15) is 10.2 Å². The lowest BCUT2D eigenvalue weighted by Crippen LogP contribution is -2.64. The summed E-state index contributed by atoms with van der Waals surface area (Å²) in [6.45, 7) is 5.86. The second kappa shape index (κ2) is 9.97. The van der Waals surface area contributed by atoms with Gasteiger partial charge in [0.25, 0.3) is 5.91 Å². The fourth-order valence-corrected chi connectivity index (χ4v) is 4.84. The number of aromatic amines is 1. The number of hydrogen-bond acceptors (Lipinski definition) is 6. The van der Waals surface area contributed by atoms with Crippen LogP contribution in [0.3, 0.4) is 0 Å². The van der Waals surface area contributed by atoms with Crippen molar-refractivity contribution < 1.29 is 9.59 Å². The molecule has 0 unspecified atom stereocenters. The van der Waals surface area contributed by atoms with Crippen LogP contribution in [0.15, 0.2) is 66.0 Å². The van der Waals surface area contributed by atoms with Gasteiger partial charge >= 0.3 is 0 Å². The lowest BCUT2D eigenvalue weighted by molar-refractivity contribution is -0.145. The Morgan fingerprint density at radius 1 is 1.18 bits per heavy atom. The van der Waals surface area contributed by atoms with Crippen molar-refractivity contribution in [1.29, 1.82) is 5.41 Å². The molecule has 1 aliphatic heterocycles. The van der Waals surface area contributed by atoms with Gasteiger partial charge < -0.3 is 20.5 Å². The van der Waals surface area contributed by atoms with E-state index >= 15 is 0 Å². The van der Waals surface area contributed by atoms with Gasteiger partial charge in [-0.05, 0) is 44.2 Å². The smallest absolute Gasteiger partial charge is 0.252 e. The Hall–Kier alpha value is -5.13. The van der Waals surface area contributed by atoms with Gasteiger partial charge in [0.05, 0.1) is 11.9 Å². The standard InChI is InChI=1S/C27H28N10O2/c1-17(38)36-11-10-35(26(39)27(36,2)3)20-7-4-6-18(12-20)22-13-21(24(33-22)25(29)30-16-28)19-14-32-37(15-19)23-8-5-9-31-34-23/h4-9,12-16,33H,10-11H2,1-3H3,(H3,28,29,30). The Morgan fingerprint density at radius 2 is 2.00 bits per heavy atom. The first-order chi connectivity index (χ1) is 18.7. The minimum absolute atomic E-state index is 0.125. The zero-order valence-electron chi connectivity index (χ0n) is 21.8. The summed E-state index contributed by atoms with van der Waals surface area (Å²) in [5.41, 5.74) is 9.59. The molecule has 39 heavy (non-hydrogen) atoms. The molecule has 5 rings (SSSR count). The summed E-state index contributed by atoms with van der Waals surface area (Å²) in [6, 6.07) is 13.1. The number of amides is 2. The van der Waals surface area contributed by atoms with E-state index in [4.69, 9.17) is 11.1 Å². The topological polar surface area (TPSA) is 162 Å². The van der Waals surface area contributed by atoms with Crippen molar-refractivity contribution in [3.05, 3.63) is 66.7 Å². The van der Waals surface area contributed by atoms with Crippen LogP contribution in [0.25, 0.3) is 28.2 Å². The largest absolute Gasteiger partial charge is 0.382 e. The molecular weight excluding hydrogens is 496 g/mol. The number of aromatic nitrogens is 5. The fourth-order valence-electron chi connectivity index (χ4n) is 4.84. The van der Waals surface area contributed by atoms with E-state index < -0.39 is 5.54 Å². The summed E-state index contributed by atoms with van der Waals surface area (Å²) in [5.74, 6) is 0.437. The first-order valence-electron chi connectivity index (χ1n) is 12.3. The summed E-state index contributed by atoms with van der Waals surface area (Å²) in [4.78, 5) is 36.1. The second-order valence-electron chi connectivity index (χ2n) is 9.61. The van der Waals surface area contributed by atoms with Crippen LogP contribution in [0.4, 0.5) is 5.69 Å². The normalized spacial score (nSPS) is 15.5. The van der Waals surface area contributed by atoms with E-state index in [0.717, 1.165) is 34.4 Å². The molecule has 4 heterocycles. The molecule has 1 fully saturated rings. The zero-order chi connectivity index (χ0) is 27.7. The maximum atomic E-state index is 13.4. The Bertz CT molecular complexity index is 1580. The van der Waals surface area contributed by atoms with E-state index in [9.17, 15) is 9.59 Å². The SMILES string of the molecule is CC(=O)N1CCN(c2cccc(-c3cc(-c4cnn(-c5cccnn5)c4)c(/C(N)=N\C=N)[nH]3)c2)C(=O)C1(C)C. The molecule has 12 heteroatoms. The zero-order valence-corrected chi connectivity index (χ0v) is 21.8. The molecule has 12 nitrogen and oxygen atoms in total. The molecule has 198 valence electrons. The molecular formula is C27H28N10O2. The number of piperazine rings is 1. The Balaban J connectivity index is 1.53. The number of nitrogens with zero attached hydrogens (tertiary/aromatic N) is 7. The third-order valence-electron chi connectivity index (χ3n) is 6.80. The van der Waals surface area contributed by atoms with Crippen LogP contribution in [-0.2, 0) is 9.59 Å². The van der Waals surface area contributed by atoms with Crippen molar-refractivity contribution in [2.24, 2.45) is 10.7 Å². The number of amidine groups is 1. The Labute approximate surface area is 224 Å². The first kappa shape index (κ1) is 25.5. The van der Waals surface area contributed by atoms with E-state index in [2.05, 4.69) is 25.3 Å². The highest BCUT2D eigenvalue weighted by molar-refractivity contribution is 6.06. The number of aliphatic imine (C=N–C) groups is 1. The molecule has 0 spiro atoms. The third kappa shape index (κ3) is 4.67. The van der Waals surface area contributed by atoms with Crippen LogP contribution in [0.2, 0.25) is 0 Å². The van der Waals surface area contributed by atoms with Crippen molar-refractivity contribution in [2.75, 3.05) is 18.0 Å². The molecule has 0 bridgehead atoms. The number of nitrogens with one attached hydrogen (secondary N) is 2. The number of anilines is 1. The quantitative estimate of drug-likeness (QED) is 0.259. The van der Waals surface area contributed by atoms with Crippen LogP contribution in [-0.4, -0.2) is 72.5 Å². The second-order valence-corrected chi connectivity index (χ2v) is 9.61. The first-order valence-corrected chi connectivity index (χ1v) is 12.3. The molecule has 0 saturated carbocycles. The average Bonchev–Trinajstić information content (AvgIpc) is 3.59. The lowest BCUT2D eigenvalue weighted by Gasteiger charge is -2.45. The van der Waals surface area contributed by atoms with E-state index in [0.29, 0.717) is 24.6 Å². The highest BCUT2D eigenvalue weighted by Crippen LogP contribution is 2.33. The van der Waals surface area contributed by atoms with Gasteiger partial charge in [0, 0.05) is 60.5 Å². The molecule has 4 aromatic rings. The van der Waals surface area contributed by atoms with Gasteiger partial charge in [0.15, 0.2) is 5.82 Å². The minimum atomic E-state index is -0.951. The number of H-pyrrole nitrogens is 1. The monoisotopic (exact) mass is 524 g/mol. The number of rotatable bonds is 6. The van der Waals surface area contributed by atoms with E-state index in [-0.39, 0.29) is 17.6 Å². The highest BCUT2D eigenvalue weighted by Gasteiger charge is 2.43. The summed E-state index contributed by atoms with van der Waals surface area (Å²) < 4.78 is 1.61. The molecule has 4 N–H and O–H groups in total. The number of carbonyl (C=O) groups excluding carboxylic acids is 2. The van der Waals surface area contributed by atoms with E-state index in [1.165, 1.54) is 6.92 Å². The molecule has 1 saturated heterocycles. The predicted molar refractivity (Wildman–Crippen MR) is 148 cm³/mol. The number of hydrogen-bond donors (Lipinski definition) is 3. The van der Waals surface area contributed by atoms with Gasteiger partial charge in [0.2, 0.25) is 5.91 Å². The van der Waals surface area contributed by atoms with Crippen molar-refractivity contribution in [3.63, 3.8) is 0 Å². The lowest BCUT2D eigenvalue weighted by atomic mass is 9.96. The van der Waals surface area contributed by atoms with Crippen molar-refractivity contribution in [3.8, 4) is 28.2 Å². The minimum Gasteiger partial charge on any atom is -0.382 e. The van der Waals surface area contributed by atoms with Crippen molar-refractivity contribution in [2.45, 2.75) is 26.3 Å². The van der Waals surface area contributed by atoms with Crippen LogP contribution in [0.5, 0.6) is 0 Å². The van der Waals surface area contributed by atoms with Crippen LogP contribution < -0.4 is 10.6 Å². The molecule has 1 aromatic carbocycles. The van der Waals surface area contributed by atoms with Crippen molar-refractivity contribution in [1.82, 2.24) is 29.9 Å². The Morgan fingerprint density at radius 3 is 2.72 bits per heavy atom. The van der Waals surface area contributed by atoms with Crippen molar-refractivity contribution >= 4 is 29.7 Å². The summed E-state index contributed by atoms with van der Waals surface area (Å²) in [7, 11) is 0. The third-order valence-corrected chi connectivity index (χ3v) is 6.80. The fraction of sp³-hybridized carbons (Fsp3) is 0.222. The predicted octanol–water partition coefficient (Wildman–Crippen LogP) is 2.61. The maximum Gasteiger partial charge on any atom is 0.252 e. The van der Waals surface area contributed by atoms with Gasteiger partial charge in [-0.1, -0.05) is 12.1 Å².